The van der Waals surface area contributed by atoms with Gasteiger partial charge in [0, 0.05) is 5.56 Å². The van der Waals surface area contributed by atoms with Gasteiger partial charge in [0.1, 0.15) is 36.2 Å². The van der Waals surface area contributed by atoms with Gasteiger partial charge in [-0.05, 0) is 30.3 Å². The number of aliphatic hydroxyl groups is 3. The molecule has 2 aromatic carbocycles. The highest BCUT2D eigenvalue weighted by atomic mass is 16.7. The summed E-state index contributed by atoms with van der Waals surface area (Å²) in [5.74, 6) is -3.67. The van der Waals surface area contributed by atoms with Gasteiger partial charge in [0.15, 0.2) is 35.2 Å². The number of carbonyl (C=O) groups excluding carboxylic acids is 2. The number of esters is 2. The van der Waals surface area contributed by atoms with Gasteiger partial charge in [-0.2, -0.15) is 0 Å². The molecule has 6 N–H and O–H groups in total. The van der Waals surface area contributed by atoms with E-state index in [0.717, 1.165) is 18.2 Å². The van der Waals surface area contributed by atoms with E-state index in [4.69, 9.17) is 18.6 Å². The van der Waals surface area contributed by atoms with Gasteiger partial charge >= 0.3 is 11.9 Å². The monoisotopic (exact) mass is 474 g/mol. The Morgan fingerprint density at radius 3 is 2.32 bits per heavy atom. The van der Waals surface area contributed by atoms with Crippen molar-refractivity contribution in [2.45, 2.75) is 30.7 Å². The third-order valence-corrected chi connectivity index (χ3v) is 5.76. The standard InChI is InChI=1S/C22H18O12/c23-9-3-1-7(5-11(9)25)17-14-13-8(2-4-10(24)18(13)33-17)20(28)31-6-12-19(34-21(14)29)15(26)16(27)22(30)32-12/h1-5,12,15-16,19,22-27,30H,6H2. The third-order valence-electron chi connectivity index (χ3n) is 5.76. The molecule has 3 aromatic rings. The Morgan fingerprint density at radius 1 is 0.853 bits per heavy atom. The predicted octanol–water partition coefficient (Wildman–Crippen LogP) is 0.351. The Balaban J connectivity index is 1.74. The number of hydrogen-bond donors (Lipinski definition) is 6. The molecule has 0 saturated carbocycles. The highest BCUT2D eigenvalue weighted by molar-refractivity contribution is 6.17. The van der Waals surface area contributed by atoms with Crippen molar-refractivity contribution in [2.75, 3.05) is 6.61 Å². The van der Waals surface area contributed by atoms with Gasteiger partial charge in [-0.3, -0.25) is 0 Å². The maximum Gasteiger partial charge on any atom is 0.343 e. The van der Waals surface area contributed by atoms with E-state index >= 15 is 0 Å². The number of hydrogen-bond acceptors (Lipinski definition) is 12. The average molecular weight is 474 g/mol. The minimum absolute atomic E-state index is 0.0849. The molecule has 12 nitrogen and oxygen atoms in total. The number of carbonyl (C=O) groups is 2. The zero-order valence-corrected chi connectivity index (χ0v) is 17.1. The average Bonchev–Trinajstić information content (AvgIpc) is 3.21. The molecule has 5 rings (SSSR count). The Morgan fingerprint density at radius 2 is 1.59 bits per heavy atom. The molecule has 2 aliphatic heterocycles. The van der Waals surface area contributed by atoms with E-state index in [2.05, 4.69) is 0 Å². The lowest BCUT2D eigenvalue weighted by Crippen LogP contribution is -2.60. The normalized spacial score (nSPS) is 27.1. The Kier molecular flexibility index (Phi) is 5.10. The van der Waals surface area contributed by atoms with Gasteiger partial charge in [0.2, 0.25) is 0 Å². The number of aliphatic hydroxyl groups excluding tert-OH is 3. The molecule has 34 heavy (non-hydrogen) atoms. The Bertz CT molecular complexity index is 1310. The minimum atomic E-state index is -1.82. The molecule has 0 spiro atoms. The number of furan rings is 1. The quantitative estimate of drug-likeness (QED) is 0.209. The predicted molar refractivity (Wildman–Crippen MR) is 109 cm³/mol. The summed E-state index contributed by atoms with van der Waals surface area (Å²) in [6, 6.07) is 5.90. The Hall–Kier alpha value is -3.84. The summed E-state index contributed by atoms with van der Waals surface area (Å²) in [5.41, 5.74) is -0.678. The van der Waals surface area contributed by atoms with Crippen LogP contribution in [0.2, 0.25) is 0 Å². The fourth-order valence-electron chi connectivity index (χ4n) is 4.04. The molecule has 3 heterocycles. The number of phenols is 3. The second-order valence-electron chi connectivity index (χ2n) is 7.86. The first kappa shape index (κ1) is 22.0. The first-order valence-corrected chi connectivity index (χ1v) is 10.1. The van der Waals surface area contributed by atoms with E-state index in [1.807, 2.05) is 0 Å². The first-order valence-electron chi connectivity index (χ1n) is 10.1. The maximum atomic E-state index is 13.4. The lowest BCUT2D eigenvalue weighted by atomic mass is 9.97. The lowest BCUT2D eigenvalue weighted by molar-refractivity contribution is -0.285. The fourth-order valence-corrected chi connectivity index (χ4v) is 4.04. The van der Waals surface area contributed by atoms with Gasteiger partial charge in [0.25, 0.3) is 0 Å². The molecule has 2 aliphatic rings. The molecule has 12 heteroatoms. The molecule has 5 atom stereocenters. The molecule has 1 saturated heterocycles. The SMILES string of the molecule is O=C1OCC2OC(O)C(O)C(O)C2OC(=O)c2c(-c3ccc(O)c(O)c3)oc3c(O)ccc1c23. The molecule has 1 fully saturated rings. The summed E-state index contributed by atoms with van der Waals surface area (Å²) < 4.78 is 21.5. The van der Waals surface area contributed by atoms with Gasteiger partial charge in [-0.15, -0.1) is 0 Å². The number of cyclic esters (lactones) is 1. The van der Waals surface area contributed by atoms with E-state index < -0.39 is 66.5 Å². The zero-order chi connectivity index (χ0) is 24.3. The molecular weight excluding hydrogens is 456 g/mol. The van der Waals surface area contributed by atoms with E-state index in [1.54, 1.807) is 0 Å². The van der Waals surface area contributed by atoms with Crippen LogP contribution in [0, 0.1) is 0 Å². The summed E-state index contributed by atoms with van der Waals surface area (Å²) in [7, 11) is 0. The van der Waals surface area contributed by atoms with E-state index in [1.165, 1.54) is 12.1 Å². The molecule has 0 amide bonds. The third kappa shape index (κ3) is 3.31. The molecule has 0 aliphatic carbocycles. The van der Waals surface area contributed by atoms with Crippen molar-refractivity contribution in [3.63, 3.8) is 0 Å². The van der Waals surface area contributed by atoms with Crippen LogP contribution in [0.3, 0.4) is 0 Å². The van der Waals surface area contributed by atoms with Crippen LogP contribution in [0.4, 0.5) is 0 Å². The summed E-state index contributed by atoms with van der Waals surface area (Å²) >= 11 is 0. The van der Waals surface area contributed by atoms with Crippen LogP contribution in [-0.2, 0) is 14.2 Å². The highest BCUT2D eigenvalue weighted by Gasteiger charge is 2.48. The van der Waals surface area contributed by atoms with Crippen LogP contribution in [-0.4, -0.2) is 79.9 Å². The van der Waals surface area contributed by atoms with E-state index in [9.17, 15) is 40.2 Å². The van der Waals surface area contributed by atoms with Gasteiger partial charge < -0.3 is 49.3 Å². The molecule has 0 bridgehead atoms. The van der Waals surface area contributed by atoms with Gasteiger partial charge in [-0.25, -0.2) is 9.59 Å². The topological polar surface area (TPSA) is 196 Å². The number of phenolic OH excluding ortho intramolecular Hbond substituents is 3. The first-order chi connectivity index (χ1) is 16.2. The van der Waals surface area contributed by atoms with Crippen LogP contribution in [0.1, 0.15) is 20.7 Å². The Labute approximate surface area is 189 Å². The number of benzene rings is 2. The molecule has 178 valence electrons. The van der Waals surface area contributed by atoms with Crippen LogP contribution < -0.4 is 0 Å². The van der Waals surface area contributed by atoms with Gasteiger partial charge in [-0.1, -0.05) is 0 Å². The van der Waals surface area contributed by atoms with Crippen molar-refractivity contribution in [1.82, 2.24) is 0 Å². The van der Waals surface area contributed by atoms with Gasteiger partial charge in [0.05, 0.1) is 10.9 Å². The van der Waals surface area contributed by atoms with Crippen LogP contribution >= 0.6 is 0 Å². The second-order valence-corrected chi connectivity index (χ2v) is 7.86. The van der Waals surface area contributed by atoms with Crippen molar-refractivity contribution in [2.24, 2.45) is 0 Å². The molecule has 1 aromatic heterocycles. The van der Waals surface area contributed by atoms with Crippen molar-refractivity contribution >= 4 is 22.9 Å². The summed E-state index contributed by atoms with van der Waals surface area (Å²) in [6.45, 7) is -0.536. The van der Waals surface area contributed by atoms with Crippen LogP contribution in [0.15, 0.2) is 34.7 Å². The maximum absolute atomic E-state index is 13.4. The van der Waals surface area contributed by atoms with Crippen molar-refractivity contribution in [3.05, 3.63) is 41.5 Å². The van der Waals surface area contributed by atoms with Crippen molar-refractivity contribution in [3.8, 4) is 28.6 Å². The van der Waals surface area contributed by atoms with Crippen LogP contribution in [0.25, 0.3) is 22.3 Å². The van der Waals surface area contributed by atoms with Crippen LogP contribution in [0.5, 0.6) is 17.2 Å². The lowest BCUT2D eigenvalue weighted by Gasteiger charge is -2.40. The van der Waals surface area contributed by atoms with Crippen molar-refractivity contribution < 1.29 is 58.9 Å². The van der Waals surface area contributed by atoms with E-state index in [0.29, 0.717) is 0 Å². The number of aromatic hydroxyl groups is 3. The summed E-state index contributed by atoms with van der Waals surface area (Å²) in [4.78, 5) is 26.3. The highest BCUT2D eigenvalue weighted by Crippen LogP contribution is 2.42. The second kappa shape index (κ2) is 7.88. The zero-order valence-electron chi connectivity index (χ0n) is 17.1. The fraction of sp³-hybridized carbons (Fsp3) is 0.273. The summed E-state index contributed by atoms with van der Waals surface area (Å²) in [6.07, 6.45) is -8.30. The smallest absolute Gasteiger partial charge is 0.343 e. The van der Waals surface area contributed by atoms with E-state index in [-0.39, 0.29) is 33.4 Å². The largest absolute Gasteiger partial charge is 0.504 e. The molecule has 5 unspecified atom stereocenters. The molecular formula is C22H18O12. The summed E-state index contributed by atoms with van der Waals surface area (Å²) in [5, 5.41) is 60.0. The number of fused-ring (bicyclic) bond motifs is 1. The number of ether oxygens (including phenoxy) is 3. The molecule has 0 radical (unpaired) electrons. The minimum Gasteiger partial charge on any atom is -0.504 e. The number of rotatable bonds is 1. The van der Waals surface area contributed by atoms with Crippen molar-refractivity contribution in [1.29, 1.82) is 0 Å².